The topological polar surface area (TPSA) is 49.4 Å². The number of hydrogen-bond donors (Lipinski definition) is 1. The Morgan fingerprint density at radius 1 is 1.45 bits per heavy atom. The maximum absolute atomic E-state index is 13.0. The molecular weight excluding hydrogens is 292 g/mol. The quantitative estimate of drug-likeness (QED) is 0.841. The molecule has 6 heteroatoms. The first-order chi connectivity index (χ1) is 9.37. The monoisotopic (exact) mass is 316 g/mol. The summed E-state index contributed by atoms with van der Waals surface area (Å²) in [6.07, 6.45) is 2.31. The van der Waals surface area contributed by atoms with Crippen LogP contribution in [0.25, 0.3) is 0 Å². The van der Waals surface area contributed by atoms with Gasteiger partial charge in [0.15, 0.2) is 0 Å². The number of aryl methyl sites for hydroxylation is 1. The van der Waals surface area contributed by atoms with E-state index in [9.17, 15) is 8.42 Å². The molecule has 1 aromatic heterocycles. The zero-order valence-corrected chi connectivity index (χ0v) is 14.3. The Morgan fingerprint density at radius 2 is 2.10 bits per heavy atom. The number of nitrogens with zero attached hydrogens (tertiary/aromatic N) is 1. The number of rotatable bonds is 7. The van der Waals surface area contributed by atoms with Gasteiger partial charge < -0.3 is 5.32 Å². The minimum absolute atomic E-state index is 0.00216. The lowest BCUT2D eigenvalue weighted by Gasteiger charge is -2.26. The van der Waals surface area contributed by atoms with Crippen LogP contribution in [0.2, 0.25) is 0 Å². The maximum atomic E-state index is 13.0. The molecule has 0 saturated heterocycles. The molecule has 0 unspecified atom stereocenters. The van der Waals surface area contributed by atoms with E-state index < -0.39 is 10.0 Å². The maximum Gasteiger partial charge on any atom is 0.244 e. The smallest absolute Gasteiger partial charge is 0.244 e. The second-order valence-corrected chi connectivity index (χ2v) is 8.60. The number of nitrogens with one attached hydrogen (secondary N) is 1. The van der Waals surface area contributed by atoms with Crippen LogP contribution in [0, 0.1) is 12.8 Å². The van der Waals surface area contributed by atoms with Crippen LogP contribution in [0.3, 0.4) is 0 Å². The van der Waals surface area contributed by atoms with Gasteiger partial charge in [0.25, 0.3) is 0 Å². The molecule has 0 aliphatic heterocycles. The molecule has 1 N–H and O–H groups in total. The van der Waals surface area contributed by atoms with Crippen molar-refractivity contribution in [1.82, 2.24) is 9.62 Å². The fourth-order valence-corrected chi connectivity index (χ4v) is 5.86. The predicted octanol–water partition coefficient (Wildman–Crippen LogP) is 2.59. The summed E-state index contributed by atoms with van der Waals surface area (Å²) in [6.45, 7) is 7.06. The number of thiophene rings is 1. The minimum atomic E-state index is -3.39. The van der Waals surface area contributed by atoms with Crippen LogP contribution in [-0.4, -0.2) is 32.4 Å². The highest BCUT2D eigenvalue weighted by Gasteiger charge is 2.35. The van der Waals surface area contributed by atoms with Gasteiger partial charge in [0.1, 0.15) is 4.90 Å². The van der Waals surface area contributed by atoms with Crippen LogP contribution < -0.4 is 5.32 Å². The van der Waals surface area contributed by atoms with Gasteiger partial charge in [0.2, 0.25) is 10.0 Å². The first kappa shape index (κ1) is 15.9. The standard InChI is InChI=1S/C14H24N2O2S2/c1-10(2)16(8-12-5-6-12)20(17,18)14-11(3)9-19-13(14)7-15-4/h9-10,12,15H,5-8H2,1-4H3. The molecule has 0 spiro atoms. The molecular formula is C14H24N2O2S2. The number of sulfonamides is 1. The van der Waals surface area contributed by atoms with Crippen LogP contribution >= 0.6 is 11.3 Å². The van der Waals surface area contributed by atoms with Crippen molar-refractivity contribution in [3.8, 4) is 0 Å². The van der Waals surface area contributed by atoms with E-state index in [4.69, 9.17) is 0 Å². The zero-order valence-electron chi connectivity index (χ0n) is 12.6. The third kappa shape index (κ3) is 3.24. The molecule has 114 valence electrons. The lowest BCUT2D eigenvalue weighted by atomic mass is 10.3. The lowest BCUT2D eigenvalue weighted by molar-refractivity contribution is 0.341. The van der Waals surface area contributed by atoms with Crippen LogP contribution in [0.15, 0.2) is 10.3 Å². The Balaban J connectivity index is 2.38. The first-order valence-electron chi connectivity index (χ1n) is 7.11. The van der Waals surface area contributed by atoms with Gasteiger partial charge in [-0.05, 0) is 57.5 Å². The van der Waals surface area contributed by atoms with E-state index in [2.05, 4.69) is 5.32 Å². The zero-order chi connectivity index (χ0) is 14.9. The van der Waals surface area contributed by atoms with Crippen molar-refractivity contribution in [2.24, 2.45) is 5.92 Å². The summed E-state index contributed by atoms with van der Waals surface area (Å²) in [5.74, 6) is 0.555. The molecule has 1 aliphatic rings. The summed E-state index contributed by atoms with van der Waals surface area (Å²) < 4.78 is 27.7. The molecule has 0 radical (unpaired) electrons. The van der Waals surface area contributed by atoms with E-state index in [0.29, 0.717) is 23.9 Å². The molecule has 2 rings (SSSR count). The summed E-state index contributed by atoms with van der Waals surface area (Å²) in [5, 5.41) is 5.00. The fraction of sp³-hybridized carbons (Fsp3) is 0.714. The van der Waals surface area contributed by atoms with E-state index in [1.807, 2.05) is 33.2 Å². The number of hydrogen-bond acceptors (Lipinski definition) is 4. The highest BCUT2D eigenvalue weighted by atomic mass is 32.2. The predicted molar refractivity (Wildman–Crippen MR) is 83.6 cm³/mol. The third-order valence-corrected chi connectivity index (χ3v) is 7.11. The highest BCUT2D eigenvalue weighted by Crippen LogP contribution is 2.35. The molecule has 1 saturated carbocycles. The summed E-state index contributed by atoms with van der Waals surface area (Å²) >= 11 is 1.52. The molecule has 0 bridgehead atoms. The largest absolute Gasteiger partial charge is 0.315 e. The van der Waals surface area contributed by atoms with Crippen LogP contribution in [0.5, 0.6) is 0 Å². The Labute approximate surface area is 126 Å². The van der Waals surface area contributed by atoms with Gasteiger partial charge in [-0.2, -0.15) is 4.31 Å². The molecule has 0 amide bonds. The highest BCUT2D eigenvalue weighted by molar-refractivity contribution is 7.89. The van der Waals surface area contributed by atoms with Gasteiger partial charge in [0.05, 0.1) is 0 Å². The summed E-state index contributed by atoms with van der Waals surface area (Å²) in [5.41, 5.74) is 0.863. The van der Waals surface area contributed by atoms with Crippen LogP contribution in [0.4, 0.5) is 0 Å². The van der Waals surface area contributed by atoms with Crippen molar-refractivity contribution in [3.63, 3.8) is 0 Å². The molecule has 4 nitrogen and oxygen atoms in total. The van der Waals surface area contributed by atoms with Crippen molar-refractivity contribution in [2.75, 3.05) is 13.6 Å². The van der Waals surface area contributed by atoms with Crippen molar-refractivity contribution in [3.05, 3.63) is 15.8 Å². The molecule has 0 atom stereocenters. The minimum Gasteiger partial charge on any atom is -0.315 e. The lowest BCUT2D eigenvalue weighted by Crippen LogP contribution is -2.39. The second-order valence-electron chi connectivity index (χ2n) is 5.81. The van der Waals surface area contributed by atoms with Crippen LogP contribution in [0.1, 0.15) is 37.1 Å². The normalized spacial score (nSPS) is 16.3. The van der Waals surface area contributed by atoms with E-state index >= 15 is 0 Å². The Bertz CT molecular complexity index is 560. The van der Waals surface area contributed by atoms with Crippen molar-refractivity contribution >= 4 is 21.4 Å². The summed E-state index contributed by atoms with van der Waals surface area (Å²) in [4.78, 5) is 1.43. The van der Waals surface area contributed by atoms with Crippen molar-refractivity contribution in [1.29, 1.82) is 0 Å². The van der Waals surface area contributed by atoms with E-state index in [-0.39, 0.29) is 6.04 Å². The van der Waals surface area contributed by atoms with Crippen molar-refractivity contribution in [2.45, 2.75) is 51.1 Å². The van der Waals surface area contributed by atoms with Crippen molar-refractivity contribution < 1.29 is 8.42 Å². The average Bonchev–Trinajstić information content (AvgIpc) is 3.10. The van der Waals surface area contributed by atoms with Crippen LogP contribution in [-0.2, 0) is 16.6 Å². The molecule has 0 aromatic carbocycles. The SMILES string of the molecule is CNCc1scc(C)c1S(=O)(=O)N(CC1CC1)C(C)C. The summed E-state index contributed by atoms with van der Waals surface area (Å²) in [7, 11) is -1.55. The van der Waals surface area contributed by atoms with Gasteiger partial charge in [-0.3, -0.25) is 0 Å². The van der Waals surface area contributed by atoms with Gasteiger partial charge in [-0.25, -0.2) is 8.42 Å². The molecule has 20 heavy (non-hydrogen) atoms. The molecule has 1 fully saturated rings. The average molecular weight is 316 g/mol. The van der Waals surface area contributed by atoms with E-state index in [1.165, 1.54) is 11.3 Å². The van der Waals surface area contributed by atoms with Gasteiger partial charge in [0, 0.05) is 24.0 Å². The second kappa shape index (κ2) is 6.13. The molecule has 1 aliphatic carbocycles. The van der Waals surface area contributed by atoms with Gasteiger partial charge >= 0.3 is 0 Å². The first-order valence-corrected chi connectivity index (χ1v) is 9.43. The molecule has 1 heterocycles. The van der Waals surface area contributed by atoms with E-state index in [1.54, 1.807) is 4.31 Å². The fourth-order valence-electron chi connectivity index (χ4n) is 2.37. The molecule has 1 aromatic rings. The van der Waals surface area contributed by atoms with E-state index in [0.717, 1.165) is 23.3 Å². The van der Waals surface area contributed by atoms with Gasteiger partial charge in [-0.1, -0.05) is 0 Å². The Kier molecular flexibility index (Phi) is 4.89. The van der Waals surface area contributed by atoms with Gasteiger partial charge in [-0.15, -0.1) is 11.3 Å². The third-order valence-electron chi connectivity index (χ3n) is 3.60. The Hall–Kier alpha value is -0.430. The Morgan fingerprint density at radius 3 is 2.60 bits per heavy atom. The summed E-state index contributed by atoms with van der Waals surface area (Å²) in [6, 6.07) is 0.00216.